The predicted molar refractivity (Wildman–Crippen MR) is 238 cm³/mol. The van der Waals surface area contributed by atoms with Crippen LogP contribution in [0.3, 0.4) is 0 Å². The Bertz CT molecular complexity index is 1640. The van der Waals surface area contributed by atoms with Crippen LogP contribution in [0.4, 0.5) is 5.82 Å². The van der Waals surface area contributed by atoms with E-state index in [4.69, 9.17) is 41.7 Å². The fourth-order valence-electron chi connectivity index (χ4n) is 6.77. The number of fused-ring (bicyclic) bond motifs is 2. The molecule has 0 aliphatic carbocycles. The van der Waals surface area contributed by atoms with E-state index in [1.54, 1.807) is 6.26 Å². The molecule has 4 heterocycles. The van der Waals surface area contributed by atoms with E-state index in [0.717, 1.165) is 0 Å². The second-order valence-corrected chi connectivity index (χ2v) is 20.6. The minimum absolute atomic E-state index is 0.137. The van der Waals surface area contributed by atoms with Gasteiger partial charge in [-0.1, -0.05) is 91.8 Å². The lowest BCUT2D eigenvalue weighted by molar-refractivity contribution is -0.900. The number of methoxy groups -OCH3 is 1. The summed E-state index contributed by atoms with van der Waals surface area (Å²) in [6.07, 6.45) is 15.9. The van der Waals surface area contributed by atoms with E-state index >= 15 is 0 Å². The zero-order chi connectivity index (χ0) is 46.3. The van der Waals surface area contributed by atoms with Crippen LogP contribution < -0.4 is 20.4 Å². The number of rotatable bonds is 28. The van der Waals surface area contributed by atoms with Gasteiger partial charge in [0, 0.05) is 7.11 Å². The van der Waals surface area contributed by atoms with Gasteiger partial charge in [-0.05, 0) is 44.8 Å². The Hall–Kier alpha value is -1.03. The van der Waals surface area contributed by atoms with Gasteiger partial charge in [0.05, 0.1) is 59.7 Å². The number of quaternary nitrogens is 2. The average Bonchev–Trinajstić information content (AvgIpc) is 3.93. The number of ether oxygens (including phenoxy) is 4. The van der Waals surface area contributed by atoms with Crippen molar-refractivity contribution in [2.45, 2.75) is 155 Å². The molecule has 359 valence electrons. The third-order valence-electron chi connectivity index (χ3n) is 10.0. The Balaban J connectivity index is 0.000000418. The number of hydrogen-bond donors (Lipinski definition) is 5. The summed E-state index contributed by atoms with van der Waals surface area (Å²) in [5.41, 5.74) is 6.58. The molecular formula is C37H74BN7O13P3S. The third kappa shape index (κ3) is 20.6. The number of nitrogen functional groups attached to an aromatic ring is 1. The molecule has 25 heteroatoms. The number of aromatic nitrogens is 4. The quantitative estimate of drug-likeness (QED) is 0.0347. The van der Waals surface area contributed by atoms with Crippen LogP contribution in [0.1, 0.15) is 125 Å². The molecule has 2 aromatic heterocycles. The summed E-state index contributed by atoms with van der Waals surface area (Å²) in [5.74, 6) is 0.137. The van der Waals surface area contributed by atoms with Gasteiger partial charge in [0.2, 0.25) is 0 Å². The van der Waals surface area contributed by atoms with Crippen molar-refractivity contribution < 1.29 is 70.3 Å². The molecule has 6 N–H and O–H groups in total. The molecule has 20 nitrogen and oxygen atoms in total. The smallest absolute Gasteiger partial charge is 0.483 e. The number of nitrogens with two attached hydrogens (primary N) is 1. The first kappa shape index (κ1) is 57.1. The molecule has 2 aliphatic heterocycles. The number of nitrogens with zero attached hydrogens (tertiary/aromatic N) is 4. The van der Waals surface area contributed by atoms with Gasteiger partial charge < -0.3 is 65.8 Å². The summed E-state index contributed by atoms with van der Waals surface area (Å²) in [5, 5.41) is 0.372. The number of thioether (sulfide) groups is 1. The van der Waals surface area contributed by atoms with Crippen molar-refractivity contribution in [1.82, 2.24) is 19.5 Å². The molecule has 0 saturated carbocycles. The summed E-state index contributed by atoms with van der Waals surface area (Å²) < 4.78 is 71.0. The molecule has 2 aliphatic rings. The SMILES string of the molecule is CCCC[NH+](CCCC)CCCC.CCCC[NH+](CCCC)CCCC.[B-]P(=O)(OC[C@H]1O[C@@H](n2cnc3c(N)nc(SC)nc32)[C@@H]2OC(OC)O[C@@H]21)OP(=O)(O)OP(=O)([O-])O. The molecule has 2 saturated heterocycles. The summed E-state index contributed by atoms with van der Waals surface area (Å²) in [6.45, 7) is 20.4. The Morgan fingerprint density at radius 2 is 1.27 bits per heavy atom. The highest BCUT2D eigenvalue weighted by atomic mass is 32.2. The van der Waals surface area contributed by atoms with Gasteiger partial charge in [0.1, 0.15) is 23.8 Å². The van der Waals surface area contributed by atoms with Gasteiger partial charge in [-0.2, -0.15) is 0 Å². The van der Waals surface area contributed by atoms with Gasteiger partial charge in [-0.15, -0.1) is 0 Å². The molecule has 62 heavy (non-hydrogen) atoms. The first-order valence-electron chi connectivity index (χ1n) is 21.9. The van der Waals surface area contributed by atoms with Gasteiger partial charge >= 0.3 is 7.82 Å². The molecule has 2 aromatic rings. The van der Waals surface area contributed by atoms with Gasteiger partial charge in [0.25, 0.3) is 14.3 Å². The highest BCUT2D eigenvalue weighted by molar-refractivity contribution is 7.98. The molecule has 0 spiro atoms. The Kier molecular flexibility index (Phi) is 27.2. The van der Waals surface area contributed by atoms with Crippen LogP contribution in [0.15, 0.2) is 11.5 Å². The summed E-state index contributed by atoms with van der Waals surface area (Å²) >= 11 is 1.25. The van der Waals surface area contributed by atoms with Crippen molar-refractivity contribution in [2.24, 2.45) is 0 Å². The van der Waals surface area contributed by atoms with Crippen LogP contribution in [0.2, 0.25) is 0 Å². The van der Waals surface area contributed by atoms with Crippen molar-refractivity contribution >= 4 is 59.4 Å². The third-order valence-corrected chi connectivity index (χ3v) is 14.5. The van der Waals surface area contributed by atoms with Crippen LogP contribution in [0.5, 0.6) is 0 Å². The summed E-state index contributed by atoms with van der Waals surface area (Å²) in [7, 11) is -9.68. The highest BCUT2D eigenvalue weighted by Gasteiger charge is 2.54. The topological polar surface area (TPSA) is 258 Å². The van der Waals surface area contributed by atoms with Crippen LogP contribution in [0, 0.1) is 0 Å². The molecule has 2 fully saturated rings. The van der Waals surface area contributed by atoms with Crippen LogP contribution in [0.25, 0.3) is 11.2 Å². The zero-order valence-electron chi connectivity index (χ0n) is 38.0. The average molecular weight is 961 g/mol. The molecule has 0 aromatic carbocycles. The number of imidazole rings is 1. The zero-order valence-corrected chi connectivity index (χ0v) is 41.5. The van der Waals surface area contributed by atoms with Crippen molar-refractivity contribution in [3.05, 3.63) is 6.33 Å². The Morgan fingerprint density at radius 3 is 1.69 bits per heavy atom. The van der Waals surface area contributed by atoms with Gasteiger partial charge in [-0.3, -0.25) is 9.13 Å². The van der Waals surface area contributed by atoms with E-state index in [2.05, 4.69) is 65.1 Å². The van der Waals surface area contributed by atoms with Gasteiger partial charge in [-0.25, -0.2) is 28.1 Å². The molecule has 4 unspecified atom stereocenters. The predicted octanol–water partition coefficient (Wildman–Crippen LogP) is 4.17. The number of unbranched alkanes of at least 4 members (excludes halogenated alkanes) is 6. The molecule has 0 amide bonds. The minimum atomic E-state index is -5.73. The van der Waals surface area contributed by atoms with E-state index < -0.39 is 60.7 Å². The lowest BCUT2D eigenvalue weighted by atomic mass is 10.1. The van der Waals surface area contributed by atoms with E-state index in [1.807, 2.05) is 9.80 Å². The first-order chi connectivity index (χ1) is 29.4. The molecule has 4 rings (SSSR count). The summed E-state index contributed by atoms with van der Waals surface area (Å²) in [4.78, 5) is 45.0. The van der Waals surface area contributed by atoms with Crippen LogP contribution in [-0.2, 0) is 45.8 Å². The minimum Gasteiger partial charge on any atom is -0.756 e. The number of anilines is 1. The van der Waals surface area contributed by atoms with Crippen molar-refractivity contribution in [2.75, 3.05) is 65.0 Å². The van der Waals surface area contributed by atoms with Crippen molar-refractivity contribution in [1.29, 1.82) is 0 Å². The Labute approximate surface area is 374 Å². The van der Waals surface area contributed by atoms with E-state index in [0.29, 0.717) is 16.3 Å². The molecule has 0 bridgehead atoms. The standard InChI is InChI=1S/C13H19BN5O13P3S.2C12H27N/c1-26-13-29-7-5(3-27-33(14,20)31-35(24,25)32-34(21,22)23)28-11(8(7)30-13)19-4-16-6-9(15)17-12(36-2)18-10(6)19;2*1-4-7-10-13(11-8-5-2)12-9-6-3/h4-5,7-8,11,13H,3H2,1-2H3,(H,24,25)(H2,15,17,18)(H2,21,22,23);2*4-12H2,1-3H3/q-1;;/p+1/t5-,7-,8-,11-,13?,33?;;/m1../s1. The second-order valence-electron chi connectivity index (χ2n) is 15.3. The lowest BCUT2D eigenvalue weighted by Crippen LogP contribution is -3.12. The maximum Gasteiger partial charge on any atom is 0.483 e. The lowest BCUT2D eigenvalue weighted by Gasteiger charge is -2.30. The maximum absolute atomic E-state index is 12.3. The fraction of sp³-hybridized carbons (Fsp3) is 0.865. The number of phosphoric acid groups is 2. The van der Waals surface area contributed by atoms with Crippen molar-refractivity contribution in [3.8, 4) is 0 Å². The molecular weight excluding hydrogens is 886 g/mol. The largest absolute Gasteiger partial charge is 0.756 e. The maximum atomic E-state index is 12.3. The first-order valence-corrected chi connectivity index (χ1v) is 27.8. The molecule has 3 radical (unpaired) electrons. The fourth-order valence-corrected chi connectivity index (χ4v) is 10.3. The number of nitrogens with one attached hydrogen (secondary N) is 2. The van der Waals surface area contributed by atoms with Crippen molar-refractivity contribution in [3.63, 3.8) is 0 Å². The normalized spacial score (nSPS) is 22.7. The van der Waals surface area contributed by atoms with E-state index in [9.17, 15) is 23.5 Å². The summed E-state index contributed by atoms with van der Waals surface area (Å²) in [6, 6.07) is 0. The van der Waals surface area contributed by atoms with Crippen LogP contribution in [-0.4, -0.2) is 121 Å². The highest BCUT2D eigenvalue weighted by Crippen LogP contribution is 2.65. The van der Waals surface area contributed by atoms with E-state index in [-0.39, 0.29) is 5.82 Å². The van der Waals surface area contributed by atoms with Crippen LogP contribution >= 0.6 is 34.9 Å². The van der Waals surface area contributed by atoms with E-state index in [1.165, 1.54) is 146 Å². The van der Waals surface area contributed by atoms with Gasteiger partial charge in [0.15, 0.2) is 22.8 Å². The molecule has 8 atom stereocenters. The monoisotopic (exact) mass is 960 g/mol. The Morgan fingerprint density at radius 1 is 0.806 bits per heavy atom. The second kappa shape index (κ2) is 29.6. The number of hydrogen-bond acceptors (Lipinski definition) is 16.